The van der Waals surface area contributed by atoms with E-state index in [0.717, 1.165) is 37.7 Å². The number of anilines is 1. The number of carbonyl (C=O) groups excluding carboxylic acids is 1. The summed E-state index contributed by atoms with van der Waals surface area (Å²) in [6, 6.07) is 7.88. The zero-order valence-corrected chi connectivity index (χ0v) is 14.4. The Kier molecular flexibility index (Phi) is 6.09. The quantitative estimate of drug-likeness (QED) is 0.905. The van der Waals surface area contributed by atoms with Gasteiger partial charge in [-0.3, -0.25) is 9.69 Å². The van der Waals surface area contributed by atoms with Crippen molar-refractivity contribution in [3.8, 4) is 0 Å². The predicted molar refractivity (Wildman–Crippen MR) is 92.5 cm³/mol. The molecule has 0 saturated carbocycles. The number of benzene rings is 1. The third-order valence-corrected chi connectivity index (χ3v) is 4.37. The smallest absolute Gasteiger partial charge is 0.237 e. The fourth-order valence-electron chi connectivity index (χ4n) is 2.64. The lowest BCUT2D eigenvalue weighted by atomic mass is 10.1. The largest absolute Gasteiger partial charge is 0.369 e. The van der Waals surface area contributed by atoms with Crippen LogP contribution in [0.1, 0.15) is 20.8 Å². The summed E-state index contributed by atoms with van der Waals surface area (Å²) >= 11 is 5.93. The third-order valence-electron chi connectivity index (χ3n) is 4.12. The highest BCUT2D eigenvalue weighted by Crippen LogP contribution is 2.20. The van der Waals surface area contributed by atoms with E-state index in [0.29, 0.717) is 5.92 Å². The summed E-state index contributed by atoms with van der Waals surface area (Å²) in [5.74, 6) is 0.617. The summed E-state index contributed by atoms with van der Waals surface area (Å²) in [7, 11) is 0. The van der Waals surface area contributed by atoms with E-state index in [2.05, 4.69) is 41.1 Å². The summed E-state index contributed by atoms with van der Waals surface area (Å²) in [5, 5.41) is 3.78. The number of halogens is 1. The average Bonchev–Trinajstić information content (AvgIpc) is 2.53. The monoisotopic (exact) mass is 323 g/mol. The molecule has 2 rings (SSSR count). The van der Waals surface area contributed by atoms with Crippen LogP contribution in [-0.2, 0) is 4.79 Å². The first kappa shape index (κ1) is 17.1. The van der Waals surface area contributed by atoms with Crippen molar-refractivity contribution in [3.05, 3.63) is 29.3 Å². The van der Waals surface area contributed by atoms with E-state index in [-0.39, 0.29) is 11.9 Å². The summed E-state index contributed by atoms with van der Waals surface area (Å²) < 4.78 is 0. The molecule has 0 spiro atoms. The lowest BCUT2D eigenvalue weighted by Gasteiger charge is -2.38. The van der Waals surface area contributed by atoms with Crippen molar-refractivity contribution in [1.82, 2.24) is 10.2 Å². The molecule has 1 aliphatic heterocycles. The van der Waals surface area contributed by atoms with Crippen LogP contribution in [0.3, 0.4) is 0 Å². The highest BCUT2D eigenvalue weighted by atomic mass is 35.5. The molecule has 0 aromatic heterocycles. The molecule has 0 unspecified atom stereocenters. The van der Waals surface area contributed by atoms with Gasteiger partial charge in [0.15, 0.2) is 0 Å². The molecule has 1 aromatic rings. The SMILES string of the molecule is CC(C)CNC(=O)[C@@H](C)N1CCN(c2ccc(Cl)cc2)CC1. The van der Waals surface area contributed by atoms with Crippen molar-refractivity contribution in [3.63, 3.8) is 0 Å². The molecule has 1 saturated heterocycles. The fraction of sp³-hybridized carbons (Fsp3) is 0.588. The van der Waals surface area contributed by atoms with Crippen molar-refractivity contribution < 1.29 is 4.79 Å². The van der Waals surface area contributed by atoms with Gasteiger partial charge in [0, 0.05) is 43.4 Å². The Bertz CT molecular complexity index is 481. The van der Waals surface area contributed by atoms with Gasteiger partial charge in [0.25, 0.3) is 0 Å². The summed E-state index contributed by atoms with van der Waals surface area (Å²) in [5.41, 5.74) is 1.20. The number of rotatable bonds is 5. The number of hydrogen-bond acceptors (Lipinski definition) is 3. The van der Waals surface area contributed by atoms with Gasteiger partial charge in [0.1, 0.15) is 0 Å². The molecule has 0 aliphatic carbocycles. The molecule has 1 fully saturated rings. The predicted octanol–water partition coefficient (Wildman–Crippen LogP) is 2.62. The summed E-state index contributed by atoms with van der Waals surface area (Å²) in [6.45, 7) is 10.6. The van der Waals surface area contributed by atoms with Gasteiger partial charge in [0.2, 0.25) is 5.91 Å². The second-order valence-corrected chi connectivity index (χ2v) is 6.75. The van der Waals surface area contributed by atoms with Gasteiger partial charge in [-0.05, 0) is 37.1 Å². The number of hydrogen-bond donors (Lipinski definition) is 1. The van der Waals surface area contributed by atoms with Gasteiger partial charge < -0.3 is 10.2 Å². The molecule has 0 bridgehead atoms. The molecule has 122 valence electrons. The van der Waals surface area contributed by atoms with E-state index in [4.69, 9.17) is 11.6 Å². The van der Waals surface area contributed by atoms with Crippen LogP contribution in [0.15, 0.2) is 24.3 Å². The number of piperazine rings is 1. The van der Waals surface area contributed by atoms with Gasteiger partial charge in [-0.1, -0.05) is 25.4 Å². The lowest BCUT2D eigenvalue weighted by Crippen LogP contribution is -2.54. The second-order valence-electron chi connectivity index (χ2n) is 6.31. The van der Waals surface area contributed by atoms with Gasteiger partial charge in [0.05, 0.1) is 6.04 Å². The minimum absolute atomic E-state index is 0.0638. The Morgan fingerprint density at radius 2 is 1.73 bits per heavy atom. The highest BCUT2D eigenvalue weighted by molar-refractivity contribution is 6.30. The first-order chi connectivity index (χ1) is 10.5. The summed E-state index contributed by atoms with van der Waals surface area (Å²) in [4.78, 5) is 16.7. The molecule has 1 heterocycles. The van der Waals surface area contributed by atoms with Crippen LogP contribution in [0.5, 0.6) is 0 Å². The molecule has 4 nitrogen and oxygen atoms in total. The van der Waals surface area contributed by atoms with Gasteiger partial charge >= 0.3 is 0 Å². The Morgan fingerprint density at radius 3 is 2.27 bits per heavy atom. The number of carbonyl (C=O) groups is 1. The van der Waals surface area contributed by atoms with Crippen LogP contribution in [0.25, 0.3) is 0 Å². The number of nitrogens with zero attached hydrogens (tertiary/aromatic N) is 2. The van der Waals surface area contributed by atoms with Crippen molar-refractivity contribution in [2.45, 2.75) is 26.8 Å². The van der Waals surface area contributed by atoms with Crippen LogP contribution in [0, 0.1) is 5.92 Å². The summed E-state index contributed by atoms with van der Waals surface area (Å²) in [6.07, 6.45) is 0. The average molecular weight is 324 g/mol. The van der Waals surface area contributed by atoms with E-state index in [1.54, 1.807) is 0 Å². The minimum Gasteiger partial charge on any atom is -0.369 e. The molecule has 22 heavy (non-hydrogen) atoms. The van der Waals surface area contributed by atoms with E-state index in [9.17, 15) is 4.79 Å². The van der Waals surface area contributed by atoms with Crippen LogP contribution >= 0.6 is 11.6 Å². The standard InChI is InChI=1S/C17H26ClN3O/c1-13(2)12-19-17(22)14(3)20-8-10-21(11-9-20)16-6-4-15(18)5-7-16/h4-7,13-14H,8-12H2,1-3H3,(H,19,22)/t14-/m1/s1. The Balaban J connectivity index is 1.83. The minimum atomic E-state index is -0.0638. The van der Waals surface area contributed by atoms with Crippen LogP contribution in [0.4, 0.5) is 5.69 Å². The van der Waals surface area contributed by atoms with Gasteiger partial charge in [-0.15, -0.1) is 0 Å². The molecular formula is C17H26ClN3O. The molecule has 1 aliphatic rings. The molecule has 1 amide bonds. The molecule has 1 N–H and O–H groups in total. The van der Waals surface area contributed by atoms with Gasteiger partial charge in [-0.25, -0.2) is 0 Å². The topological polar surface area (TPSA) is 35.6 Å². The Morgan fingerprint density at radius 1 is 1.14 bits per heavy atom. The number of nitrogens with one attached hydrogen (secondary N) is 1. The van der Waals surface area contributed by atoms with Crippen LogP contribution in [0.2, 0.25) is 5.02 Å². The zero-order chi connectivity index (χ0) is 16.1. The third kappa shape index (κ3) is 4.62. The van der Waals surface area contributed by atoms with Crippen LogP contribution < -0.4 is 10.2 Å². The Hall–Kier alpha value is -1.26. The van der Waals surface area contributed by atoms with E-state index < -0.39 is 0 Å². The maximum absolute atomic E-state index is 12.2. The highest BCUT2D eigenvalue weighted by Gasteiger charge is 2.25. The molecule has 1 aromatic carbocycles. The van der Waals surface area contributed by atoms with Crippen LogP contribution in [-0.4, -0.2) is 49.6 Å². The molecule has 0 radical (unpaired) electrons. The first-order valence-electron chi connectivity index (χ1n) is 7.99. The normalized spacial score (nSPS) is 17.6. The lowest BCUT2D eigenvalue weighted by molar-refractivity contribution is -0.126. The van der Waals surface area contributed by atoms with E-state index in [1.807, 2.05) is 19.1 Å². The number of amides is 1. The fourth-order valence-corrected chi connectivity index (χ4v) is 2.76. The van der Waals surface area contributed by atoms with Gasteiger partial charge in [-0.2, -0.15) is 0 Å². The van der Waals surface area contributed by atoms with E-state index in [1.165, 1.54) is 5.69 Å². The van der Waals surface area contributed by atoms with Crippen molar-refractivity contribution in [2.75, 3.05) is 37.6 Å². The maximum Gasteiger partial charge on any atom is 0.237 e. The second kappa shape index (κ2) is 7.84. The molecule has 1 atom stereocenters. The van der Waals surface area contributed by atoms with Crippen molar-refractivity contribution >= 4 is 23.2 Å². The zero-order valence-electron chi connectivity index (χ0n) is 13.7. The Labute approximate surface area is 138 Å². The first-order valence-corrected chi connectivity index (χ1v) is 8.37. The maximum atomic E-state index is 12.2. The van der Waals surface area contributed by atoms with Crippen molar-refractivity contribution in [1.29, 1.82) is 0 Å². The molecule has 5 heteroatoms. The van der Waals surface area contributed by atoms with E-state index >= 15 is 0 Å². The molecular weight excluding hydrogens is 298 g/mol. The van der Waals surface area contributed by atoms with Crippen molar-refractivity contribution in [2.24, 2.45) is 5.92 Å².